The lowest BCUT2D eigenvalue weighted by molar-refractivity contribution is -0.117. The lowest BCUT2D eigenvalue weighted by atomic mass is 9.99. The van der Waals surface area contributed by atoms with Crippen molar-refractivity contribution in [3.8, 4) is 0 Å². The Kier molecular flexibility index (Phi) is 8.21. The molecule has 1 unspecified atom stereocenters. The Morgan fingerprint density at radius 3 is 2.50 bits per heavy atom. The third-order valence-corrected chi connectivity index (χ3v) is 2.51. The van der Waals surface area contributed by atoms with Gasteiger partial charge in [0.05, 0.1) is 0 Å². The highest BCUT2D eigenvalue weighted by Gasteiger charge is 2.06. The van der Waals surface area contributed by atoms with E-state index in [4.69, 9.17) is 5.73 Å². The average Bonchev–Trinajstić information content (AvgIpc) is 2.26. The molecule has 0 aliphatic rings. The Balaban J connectivity index is 3.83. The van der Waals surface area contributed by atoms with Gasteiger partial charge in [0.15, 0.2) is 0 Å². The number of amides is 2. The van der Waals surface area contributed by atoms with Crippen molar-refractivity contribution in [3.63, 3.8) is 0 Å². The van der Waals surface area contributed by atoms with Gasteiger partial charge in [-0.05, 0) is 12.3 Å². The van der Waals surface area contributed by atoms with Gasteiger partial charge in [-0.3, -0.25) is 9.59 Å². The van der Waals surface area contributed by atoms with E-state index >= 15 is 0 Å². The number of nitrogens with two attached hydrogens (primary N) is 1. The Bertz CT molecular complexity index is 249. The molecule has 92 valence electrons. The first-order chi connectivity index (χ1) is 7.60. The Hall–Kier alpha value is -1.32. The van der Waals surface area contributed by atoms with Gasteiger partial charge < -0.3 is 11.1 Å². The third-order valence-electron chi connectivity index (χ3n) is 2.51. The summed E-state index contributed by atoms with van der Waals surface area (Å²) < 4.78 is 0. The molecule has 2 amide bonds. The fraction of sp³-hybridized carbons (Fsp3) is 0.667. The van der Waals surface area contributed by atoms with Crippen molar-refractivity contribution in [3.05, 3.63) is 12.2 Å². The highest BCUT2D eigenvalue weighted by Crippen LogP contribution is 2.10. The van der Waals surface area contributed by atoms with Crippen LogP contribution in [0.3, 0.4) is 0 Å². The van der Waals surface area contributed by atoms with Crippen molar-refractivity contribution < 1.29 is 9.59 Å². The van der Waals surface area contributed by atoms with Gasteiger partial charge in [0.2, 0.25) is 11.8 Å². The first-order valence-corrected chi connectivity index (χ1v) is 5.85. The van der Waals surface area contributed by atoms with E-state index in [1.165, 1.54) is 18.9 Å². The molecule has 0 aliphatic carbocycles. The summed E-state index contributed by atoms with van der Waals surface area (Å²) in [7, 11) is 0. The fourth-order valence-electron chi connectivity index (χ4n) is 1.40. The molecule has 0 aromatic heterocycles. The van der Waals surface area contributed by atoms with E-state index in [0.29, 0.717) is 12.5 Å². The molecule has 0 rings (SSSR count). The number of hydrogen-bond acceptors (Lipinski definition) is 2. The van der Waals surface area contributed by atoms with Gasteiger partial charge in [-0.25, -0.2) is 0 Å². The third kappa shape index (κ3) is 8.03. The SMILES string of the molecule is CCCCC(CC)CNC(=O)C=CC(N)=O. The van der Waals surface area contributed by atoms with Gasteiger partial charge in [0.1, 0.15) is 0 Å². The van der Waals surface area contributed by atoms with Crippen molar-refractivity contribution >= 4 is 11.8 Å². The molecule has 0 aliphatic heterocycles. The summed E-state index contributed by atoms with van der Waals surface area (Å²) in [6, 6.07) is 0. The minimum atomic E-state index is -0.604. The summed E-state index contributed by atoms with van der Waals surface area (Å²) in [6.07, 6.45) is 6.79. The first-order valence-electron chi connectivity index (χ1n) is 5.85. The van der Waals surface area contributed by atoms with Crippen LogP contribution in [0.15, 0.2) is 12.2 Å². The van der Waals surface area contributed by atoms with E-state index in [1.54, 1.807) is 0 Å². The molecule has 16 heavy (non-hydrogen) atoms. The number of nitrogens with one attached hydrogen (secondary N) is 1. The van der Waals surface area contributed by atoms with E-state index in [1.807, 2.05) is 0 Å². The number of hydrogen-bond donors (Lipinski definition) is 2. The summed E-state index contributed by atoms with van der Waals surface area (Å²) in [5.41, 5.74) is 4.88. The summed E-state index contributed by atoms with van der Waals surface area (Å²) in [5.74, 6) is -0.340. The topological polar surface area (TPSA) is 72.2 Å². The molecular weight excluding hydrogens is 204 g/mol. The van der Waals surface area contributed by atoms with Crippen LogP contribution in [-0.2, 0) is 9.59 Å². The maximum atomic E-state index is 11.2. The summed E-state index contributed by atoms with van der Waals surface area (Å²) in [5, 5.41) is 2.76. The van der Waals surface area contributed by atoms with E-state index in [9.17, 15) is 9.59 Å². The molecule has 0 aromatic rings. The predicted molar refractivity (Wildman–Crippen MR) is 64.7 cm³/mol. The second-order valence-corrected chi connectivity index (χ2v) is 3.90. The fourth-order valence-corrected chi connectivity index (χ4v) is 1.40. The molecular formula is C12H22N2O2. The molecule has 0 spiro atoms. The predicted octanol–water partition coefficient (Wildman–Crippen LogP) is 1.36. The summed E-state index contributed by atoms with van der Waals surface area (Å²) in [6.45, 7) is 4.94. The summed E-state index contributed by atoms with van der Waals surface area (Å²) >= 11 is 0. The zero-order valence-corrected chi connectivity index (χ0v) is 10.2. The van der Waals surface area contributed by atoms with Crippen LogP contribution in [0.1, 0.15) is 39.5 Å². The van der Waals surface area contributed by atoms with Crippen LogP contribution in [-0.4, -0.2) is 18.4 Å². The van der Waals surface area contributed by atoms with Crippen LogP contribution in [0.2, 0.25) is 0 Å². The molecule has 0 bridgehead atoms. The molecule has 0 saturated carbocycles. The van der Waals surface area contributed by atoms with Gasteiger partial charge in [-0.2, -0.15) is 0 Å². The van der Waals surface area contributed by atoms with Crippen molar-refractivity contribution in [2.75, 3.05) is 6.54 Å². The van der Waals surface area contributed by atoms with Gasteiger partial charge in [-0.15, -0.1) is 0 Å². The number of unbranched alkanes of at least 4 members (excludes halogenated alkanes) is 1. The van der Waals surface area contributed by atoms with Gasteiger partial charge in [-0.1, -0.05) is 33.1 Å². The molecule has 4 nitrogen and oxygen atoms in total. The van der Waals surface area contributed by atoms with Gasteiger partial charge in [0, 0.05) is 18.7 Å². The largest absolute Gasteiger partial charge is 0.366 e. The monoisotopic (exact) mass is 226 g/mol. The number of rotatable bonds is 8. The quantitative estimate of drug-likeness (QED) is 0.613. The average molecular weight is 226 g/mol. The molecule has 3 N–H and O–H groups in total. The molecule has 0 heterocycles. The Morgan fingerprint density at radius 1 is 1.31 bits per heavy atom. The Morgan fingerprint density at radius 2 is 2.00 bits per heavy atom. The van der Waals surface area contributed by atoms with Crippen molar-refractivity contribution in [1.29, 1.82) is 0 Å². The van der Waals surface area contributed by atoms with Crippen LogP contribution in [0.25, 0.3) is 0 Å². The molecule has 0 fully saturated rings. The molecule has 0 radical (unpaired) electrons. The van der Waals surface area contributed by atoms with Crippen molar-refractivity contribution in [2.45, 2.75) is 39.5 Å². The number of primary amides is 1. The molecule has 1 atom stereocenters. The minimum Gasteiger partial charge on any atom is -0.366 e. The van der Waals surface area contributed by atoms with Crippen LogP contribution >= 0.6 is 0 Å². The van der Waals surface area contributed by atoms with E-state index in [0.717, 1.165) is 18.9 Å². The highest BCUT2D eigenvalue weighted by atomic mass is 16.2. The van der Waals surface area contributed by atoms with Crippen LogP contribution in [0.5, 0.6) is 0 Å². The zero-order chi connectivity index (χ0) is 12.4. The smallest absolute Gasteiger partial charge is 0.244 e. The van der Waals surface area contributed by atoms with Gasteiger partial charge >= 0.3 is 0 Å². The summed E-state index contributed by atoms with van der Waals surface area (Å²) in [4.78, 5) is 21.6. The number of carbonyl (C=O) groups is 2. The maximum Gasteiger partial charge on any atom is 0.244 e. The first kappa shape index (κ1) is 14.7. The van der Waals surface area contributed by atoms with Crippen LogP contribution in [0.4, 0.5) is 0 Å². The van der Waals surface area contributed by atoms with E-state index in [2.05, 4.69) is 19.2 Å². The molecule has 0 aromatic carbocycles. The number of carbonyl (C=O) groups excluding carboxylic acids is 2. The van der Waals surface area contributed by atoms with E-state index < -0.39 is 5.91 Å². The second kappa shape index (κ2) is 8.95. The highest BCUT2D eigenvalue weighted by molar-refractivity contribution is 5.95. The maximum absolute atomic E-state index is 11.2. The van der Waals surface area contributed by atoms with Crippen LogP contribution in [0, 0.1) is 5.92 Å². The van der Waals surface area contributed by atoms with Crippen molar-refractivity contribution in [2.24, 2.45) is 11.7 Å². The lowest BCUT2D eigenvalue weighted by Crippen LogP contribution is -2.28. The second-order valence-electron chi connectivity index (χ2n) is 3.90. The zero-order valence-electron chi connectivity index (χ0n) is 10.2. The minimum absolute atomic E-state index is 0.256. The van der Waals surface area contributed by atoms with Gasteiger partial charge in [0.25, 0.3) is 0 Å². The Labute approximate surface area is 97.3 Å². The van der Waals surface area contributed by atoms with Crippen LogP contribution < -0.4 is 11.1 Å². The lowest BCUT2D eigenvalue weighted by Gasteiger charge is -2.14. The molecule has 0 saturated heterocycles. The normalized spacial score (nSPS) is 12.6. The van der Waals surface area contributed by atoms with E-state index in [-0.39, 0.29) is 5.91 Å². The standard InChI is InChI=1S/C12H22N2O2/c1-3-5-6-10(4-2)9-14-12(16)8-7-11(13)15/h7-8,10H,3-6,9H2,1-2H3,(H2,13,15)(H,14,16). The van der Waals surface area contributed by atoms with Crippen molar-refractivity contribution in [1.82, 2.24) is 5.32 Å². The molecule has 4 heteroatoms.